The third-order valence-corrected chi connectivity index (χ3v) is 2.98. The molecule has 0 atom stereocenters. The van der Waals surface area contributed by atoms with Crippen LogP contribution in [0.25, 0.3) is 0 Å². The minimum absolute atomic E-state index is 0.562. The molecule has 1 aromatic rings. The number of pyridine rings is 1. The highest BCUT2D eigenvalue weighted by Crippen LogP contribution is 2.23. The molecule has 1 aliphatic rings. The Morgan fingerprint density at radius 3 is 2.94 bits per heavy atom. The third-order valence-electron chi connectivity index (χ3n) is 2.69. The first-order valence-corrected chi connectivity index (χ1v) is 5.79. The Morgan fingerprint density at radius 2 is 2.25 bits per heavy atom. The lowest BCUT2D eigenvalue weighted by molar-refractivity contribution is 0.230. The zero-order chi connectivity index (χ0) is 11.4. The van der Waals surface area contributed by atoms with Crippen molar-refractivity contribution in [3.8, 4) is 5.75 Å². The maximum Gasteiger partial charge on any atom is 0.140 e. The number of halogens is 1. The van der Waals surface area contributed by atoms with Crippen LogP contribution >= 0.6 is 11.6 Å². The molecular weight excluding hydrogens is 226 g/mol. The van der Waals surface area contributed by atoms with E-state index in [1.165, 1.54) is 0 Å². The fourth-order valence-electron chi connectivity index (χ4n) is 1.80. The molecule has 2 rings (SSSR count). The van der Waals surface area contributed by atoms with Gasteiger partial charge in [-0.05, 0) is 0 Å². The summed E-state index contributed by atoms with van der Waals surface area (Å²) in [4.78, 5) is 6.67. The summed E-state index contributed by atoms with van der Waals surface area (Å²) in [6.45, 7) is 5.07. The second kappa shape index (κ2) is 5.48. The van der Waals surface area contributed by atoms with Gasteiger partial charge in [-0.25, -0.2) is 0 Å². The Bertz CT molecular complexity index is 353. The first kappa shape index (κ1) is 11.6. The summed E-state index contributed by atoms with van der Waals surface area (Å²) in [5.74, 6) is 0.696. The molecule has 0 spiro atoms. The van der Waals surface area contributed by atoms with Crippen molar-refractivity contribution in [2.45, 2.75) is 6.54 Å². The smallest absolute Gasteiger partial charge is 0.140 e. The average molecular weight is 242 g/mol. The molecule has 0 aromatic carbocycles. The van der Waals surface area contributed by atoms with Crippen LogP contribution in [0, 0.1) is 0 Å². The van der Waals surface area contributed by atoms with Gasteiger partial charge in [0.1, 0.15) is 10.8 Å². The van der Waals surface area contributed by atoms with Crippen LogP contribution in [0.1, 0.15) is 5.69 Å². The quantitative estimate of drug-likeness (QED) is 0.862. The molecule has 1 saturated heterocycles. The first-order chi connectivity index (χ1) is 7.79. The van der Waals surface area contributed by atoms with Crippen LogP contribution in [0.2, 0.25) is 5.02 Å². The Morgan fingerprint density at radius 1 is 1.50 bits per heavy atom. The normalized spacial score (nSPS) is 17.4. The van der Waals surface area contributed by atoms with Crippen molar-refractivity contribution >= 4 is 11.6 Å². The second-order valence-electron chi connectivity index (χ2n) is 3.84. The van der Waals surface area contributed by atoms with Crippen molar-refractivity contribution in [1.82, 2.24) is 15.2 Å². The lowest BCUT2D eigenvalue weighted by atomic mass is 10.3. The molecule has 1 aliphatic heterocycles. The summed E-state index contributed by atoms with van der Waals surface area (Å²) in [6, 6.07) is 1.91. The Hall–Kier alpha value is -0.840. The second-order valence-corrected chi connectivity index (χ2v) is 4.24. The Balaban J connectivity index is 2.03. The van der Waals surface area contributed by atoms with Gasteiger partial charge in [0.05, 0.1) is 12.8 Å². The van der Waals surface area contributed by atoms with Gasteiger partial charge in [0.15, 0.2) is 0 Å². The van der Waals surface area contributed by atoms with Gasteiger partial charge < -0.3 is 10.1 Å². The van der Waals surface area contributed by atoms with E-state index in [0.29, 0.717) is 10.8 Å². The van der Waals surface area contributed by atoms with Gasteiger partial charge in [0.25, 0.3) is 0 Å². The van der Waals surface area contributed by atoms with Crippen LogP contribution in [0.3, 0.4) is 0 Å². The molecule has 0 bridgehead atoms. The Kier molecular flexibility index (Phi) is 3.98. The number of rotatable bonds is 3. The van der Waals surface area contributed by atoms with Gasteiger partial charge in [0, 0.05) is 45.0 Å². The van der Waals surface area contributed by atoms with E-state index in [9.17, 15) is 0 Å². The highest BCUT2D eigenvalue weighted by atomic mass is 35.5. The molecule has 0 saturated carbocycles. The van der Waals surface area contributed by atoms with Crippen molar-refractivity contribution in [1.29, 1.82) is 0 Å². The molecule has 16 heavy (non-hydrogen) atoms. The third kappa shape index (κ3) is 2.84. The molecule has 2 heterocycles. The lowest BCUT2D eigenvalue weighted by Crippen LogP contribution is -2.43. The van der Waals surface area contributed by atoms with Gasteiger partial charge in [-0.15, -0.1) is 0 Å². The summed E-state index contributed by atoms with van der Waals surface area (Å²) in [5.41, 5.74) is 1.00. The van der Waals surface area contributed by atoms with E-state index in [-0.39, 0.29) is 0 Å². The molecule has 4 nitrogen and oxygen atoms in total. The van der Waals surface area contributed by atoms with Crippen molar-refractivity contribution < 1.29 is 4.74 Å². The summed E-state index contributed by atoms with van der Waals surface area (Å²) >= 11 is 5.93. The van der Waals surface area contributed by atoms with Crippen molar-refractivity contribution in [2.24, 2.45) is 0 Å². The van der Waals surface area contributed by atoms with E-state index in [2.05, 4.69) is 15.2 Å². The fourth-order valence-corrected chi connectivity index (χ4v) is 1.98. The number of aromatic nitrogens is 1. The average Bonchev–Trinajstić information content (AvgIpc) is 2.33. The first-order valence-electron chi connectivity index (χ1n) is 5.41. The van der Waals surface area contributed by atoms with Crippen molar-refractivity contribution in [3.05, 3.63) is 23.0 Å². The highest BCUT2D eigenvalue weighted by Gasteiger charge is 2.11. The van der Waals surface area contributed by atoms with Crippen LogP contribution < -0.4 is 10.1 Å². The number of nitrogens with one attached hydrogen (secondary N) is 1. The highest BCUT2D eigenvalue weighted by molar-refractivity contribution is 6.31. The molecular formula is C11H16ClN3O. The fraction of sp³-hybridized carbons (Fsp3) is 0.545. The maximum atomic E-state index is 5.93. The van der Waals surface area contributed by atoms with Crippen LogP contribution in [-0.2, 0) is 6.54 Å². The van der Waals surface area contributed by atoms with Gasteiger partial charge in [-0.1, -0.05) is 11.6 Å². The van der Waals surface area contributed by atoms with Gasteiger partial charge >= 0.3 is 0 Å². The van der Waals surface area contributed by atoms with Gasteiger partial charge in [0.2, 0.25) is 0 Å². The number of methoxy groups -OCH3 is 1. The van der Waals surface area contributed by atoms with Crippen LogP contribution in [0.4, 0.5) is 0 Å². The summed E-state index contributed by atoms with van der Waals surface area (Å²) in [5, 5.41) is 3.89. The molecule has 0 radical (unpaired) electrons. The lowest BCUT2D eigenvalue weighted by Gasteiger charge is -2.26. The largest absolute Gasteiger partial charge is 0.495 e. The van der Waals surface area contributed by atoms with Crippen LogP contribution in [0.15, 0.2) is 12.3 Å². The minimum atomic E-state index is 0.562. The number of hydrogen-bond acceptors (Lipinski definition) is 4. The van der Waals surface area contributed by atoms with Crippen molar-refractivity contribution in [3.63, 3.8) is 0 Å². The van der Waals surface area contributed by atoms with Crippen molar-refractivity contribution in [2.75, 3.05) is 33.3 Å². The molecule has 0 amide bonds. The number of piperazine rings is 1. The van der Waals surface area contributed by atoms with Crippen LogP contribution in [0.5, 0.6) is 5.75 Å². The predicted octanol–water partition coefficient (Wildman–Crippen LogP) is 1.15. The summed E-state index contributed by atoms with van der Waals surface area (Å²) < 4.78 is 5.17. The minimum Gasteiger partial charge on any atom is -0.495 e. The zero-order valence-corrected chi connectivity index (χ0v) is 10.1. The predicted molar refractivity (Wildman–Crippen MR) is 63.9 cm³/mol. The summed E-state index contributed by atoms with van der Waals surface area (Å²) in [6.07, 6.45) is 1.65. The molecule has 0 unspecified atom stereocenters. The topological polar surface area (TPSA) is 37.4 Å². The molecule has 1 N–H and O–H groups in total. The van der Waals surface area contributed by atoms with E-state index in [0.717, 1.165) is 38.4 Å². The van der Waals surface area contributed by atoms with E-state index in [1.807, 2.05) is 6.07 Å². The van der Waals surface area contributed by atoms with E-state index >= 15 is 0 Å². The molecule has 5 heteroatoms. The number of hydrogen-bond donors (Lipinski definition) is 1. The monoisotopic (exact) mass is 241 g/mol. The van der Waals surface area contributed by atoms with E-state index < -0.39 is 0 Å². The maximum absolute atomic E-state index is 5.93. The molecule has 1 fully saturated rings. The van der Waals surface area contributed by atoms with Crippen LogP contribution in [-0.4, -0.2) is 43.2 Å². The number of ether oxygens (including phenoxy) is 1. The van der Waals surface area contributed by atoms with Gasteiger partial charge in [-0.3, -0.25) is 9.88 Å². The molecule has 88 valence electrons. The zero-order valence-electron chi connectivity index (χ0n) is 9.37. The number of nitrogens with zero attached hydrogens (tertiary/aromatic N) is 2. The molecule has 1 aromatic heterocycles. The van der Waals surface area contributed by atoms with E-state index in [4.69, 9.17) is 16.3 Å². The standard InChI is InChI=1S/C11H16ClN3O/c1-16-11-6-9(14-7-10(11)12)8-15-4-2-13-3-5-15/h6-7,13H,2-5,8H2,1H3. The summed E-state index contributed by atoms with van der Waals surface area (Å²) in [7, 11) is 1.62. The van der Waals surface area contributed by atoms with Gasteiger partial charge in [-0.2, -0.15) is 0 Å². The van der Waals surface area contributed by atoms with E-state index in [1.54, 1.807) is 13.3 Å². The Labute approximate surface area is 101 Å². The molecule has 0 aliphatic carbocycles. The SMILES string of the molecule is COc1cc(CN2CCNCC2)ncc1Cl.